The molecule has 0 aromatic heterocycles. The molecule has 0 bridgehead atoms. The van der Waals surface area contributed by atoms with Gasteiger partial charge in [-0.05, 0) is 25.7 Å². The lowest BCUT2D eigenvalue weighted by atomic mass is 9.98. The lowest BCUT2D eigenvalue weighted by Crippen LogP contribution is -2.25. The maximum Gasteiger partial charge on any atom is 0.316 e. The molecule has 2 atom stereocenters. The molecule has 3 nitrogen and oxygen atoms in total. The molecule has 3 heteroatoms. The van der Waals surface area contributed by atoms with Crippen molar-refractivity contribution in [2.75, 3.05) is 0 Å². The van der Waals surface area contributed by atoms with E-state index in [1.165, 1.54) is 0 Å². The van der Waals surface area contributed by atoms with Crippen LogP contribution < -0.4 is 0 Å². The second-order valence-electron chi connectivity index (χ2n) is 5.23. The fraction of sp³-hybridized carbons (Fsp3) is 0.875. The zero-order valence-corrected chi connectivity index (χ0v) is 13.0. The summed E-state index contributed by atoms with van der Waals surface area (Å²) in [4.78, 5) is 23.9. The zero-order chi connectivity index (χ0) is 14.7. The predicted molar refractivity (Wildman–Crippen MR) is 77.7 cm³/mol. The maximum atomic E-state index is 11.9. The third-order valence-corrected chi connectivity index (χ3v) is 3.67. The van der Waals surface area contributed by atoms with E-state index in [2.05, 4.69) is 13.8 Å². The van der Waals surface area contributed by atoms with Crippen LogP contribution in [-0.4, -0.2) is 11.9 Å². The van der Waals surface area contributed by atoms with E-state index >= 15 is 0 Å². The highest BCUT2D eigenvalue weighted by Gasteiger charge is 2.24. The Bertz CT molecular complexity index is 235. The number of carbonyl (C=O) groups excluding carboxylic acids is 2. The molecule has 0 aliphatic rings. The van der Waals surface area contributed by atoms with E-state index in [1.807, 2.05) is 13.8 Å². The number of ether oxygens (including phenoxy) is 1. The van der Waals surface area contributed by atoms with Gasteiger partial charge in [-0.15, -0.1) is 0 Å². The maximum absolute atomic E-state index is 11.9. The summed E-state index contributed by atoms with van der Waals surface area (Å²) in [5.41, 5.74) is 0. The first-order chi connectivity index (χ1) is 9.10. The Morgan fingerprint density at radius 2 is 1.16 bits per heavy atom. The lowest BCUT2D eigenvalue weighted by Gasteiger charge is -2.16. The minimum absolute atomic E-state index is 0.118. The largest absolute Gasteiger partial charge is 0.393 e. The fourth-order valence-electron chi connectivity index (χ4n) is 2.14. The van der Waals surface area contributed by atoms with Crippen molar-refractivity contribution in [3.8, 4) is 0 Å². The summed E-state index contributed by atoms with van der Waals surface area (Å²) < 4.78 is 5.07. The molecule has 0 saturated heterocycles. The average molecular weight is 270 g/mol. The van der Waals surface area contributed by atoms with Gasteiger partial charge in [0, 0.05) is 0 Å². The molecule has 0 aromatic rings. The number of hydrogen-bond donors (Lipinski definition) is 0. The summed E-state index contributed by atoms with van der Waals surface area (Å²) in [6, 6.07) is 0. The number of carbonyl (C=O) groups is 2. The average Bonchev–Trinajstić information content (AvgIpc) is 2.40. The van der Waals surface area contributed by atoms with Crippen molar-refractivity contribution in [2.24, 2.45) is 11.8 Å². The summed E-state index contributed by atoms with van der Waals surface area (Å²) in [6.07, 6.45) is 7.28. The van der Waals surface area contributed by atoms with Crippen LogP contribution in [0.3, 0.4) is 0 Å². The van der Waals surface area contributed by atoms with Crippen LogP contribution in [0.1, 0.15) is 79.1 Å². The van der Waals surface area contributed by atoms with Crippen LogP contribution in [-0.2, 0) is 14.3 Å². The van der Waals surface area contributed by atoms with Crippen molar-refractivity contribution in [2.45, 2.75) is 79.1 Å². The van der Waals surface area contributed by atoms with Gasteiger partial charge in [0.15, 0.2) is 0 Å². The van der Waals surface area contributed by atoms with E-state index in [1.54, 1.807) is 0 Å². The first kappa shape index (κ1) is 18.1. The lowest BCUT2D eigenvalue weighted by molar-refractivity contribution is -0.166. The molecule has 0 aromatic carbocycles. The van der Waals surface area contributed by atoms with Crippen LogP contribution in [0.25, 0.3) is 0 Å². The molecule has 0 radical (unpaired) electrons. The fourth-order valence-corrected chi connectivity index (χ4v) is 2.14. The second-order valence-corrected chi connectivity index (χ2v) is 5.23. The molecule has 0 N–H and O–H groups in total. The minimum atomic E-state index is -0.323. The number of hydrogen-bond acceptors (Lipinski definition) is 3. The Hall–Kier alpha value is -0.860. The van der Waals surface area contributed by atoms with E-state index < -0.39 is 0 Å². The standard InChI is InChI=1S/C16H30O3/c1-5-9-11-13(7-3)15(17)19-16(18)14(8-4)12-10-6-2/h13-14H,5-12H2,1-4H3/t13-,14-/m0/s1. The van der Waals surface area contributed by atoms with Crippen molar-refractivity contribution in [3.05, 3.63) is 0 Å². The van der Waals surface area contributed by atoms with E-state index in [4.69, 9.17) is 4.74 Å². The van der Waals surface area contributed by atoms with Crippen molar-refractivity contribution in [1.82, 2.24) is 0 Å². The van der Waals surface area contributed by atoms with Crippen LogP contribution in [0.2, 0.25) is 0 Å². The van der Waals surface area contributed by atoms with Crippen LogP contribution in [0.15, 0.2) is 0 Å². The first-order valence-corrected chi connectivity index (χ1v) is 7.86. The van der Waals surface area contributed by atoms with Gasteiger partial charge in [0.25, 0.3) is 0 Å². The van der Waals surface area contributed by atoms with Crippen LogP contribution in [0, 0.1) is 11.8 Å². The van der Waals surface area contributed by atoms with Gasteiger partial charge in [-0.3, -0.25) is 9.59 Å². The molecular formula is C16H30O3. The summed E-state index contributed by atoms with van der Waals surface area (Å²) in [5.74, 6) is -0.882. The van der Waals surface area contributed by atoms with Crippen molar-refractivity contribution in [1.29, 1.82) is 0 Å². The zero-order valence-electron chi connectivity index (χ0n) is 13.0. The Labute approximate surface area is 118 Å². The summed E-state index contributed by atoms with van der Waals surface area (Å²) in [7, 11) is 0. The van der Waals surface area contributed by atoms with Crippen LogP contribution in [0.4, 0.5) is 0 Å². The highest BCUT2D eigenvalue weighted by molar-refractivity contribution is 5.87. The first-order valence-electron chi connectivity index (χ1n) is 7.86. The van der Waals surface area contributed by atoms with Gasteiger partial charge in [-0.2, -0.15) is 0 Å². The molecule has 0 heterocycles. The number of esters is 2. The third-order valence-electron chi connectivity index (χ3n) is 3.67. The Morgan fingerprint density at radius 3 is 1.42 bits per heavy atom. The van der Waals surface area contributed by atoms with Gasteiger partial charge >= 0.3 is 11.9 Å². The number of unbranched alkanes of at least 4 members (excludes halogenated alkanes) is 2. The molecule has 0 unspecified atom stereocenters. The number of rotatable bonds is 10. The SMILES string of the molecule is CCCC[C@H](CC)C(=O)OC(=O)[C@@H](CC)CCCC. The van der Waals surface area contributed by atoms with Crippen LogP contribution in [0.5, 0.6) is 0 Å². The topological polar surface area (TPSA) is 43.4 Å². The quantitative estimate of drug-likeness (QED) is 0.434. The minimum Gasteiger partial charge on any atom is -0.393 e. The smallest absolute Gasteiger partial charge is 0.316 e. The Balaban J connectivity index is 4.30. The summed E-state index contributed by atoms with van der Waals surface area (Å²) in [5, 5.41) is 0. The predicted octanol–water partition coefficient (Wildman–Crippen LogP) is 4.49. The molecule has 0 rings (SSSR count). The van der Waals surface area contributed by atoms with Gasteiger partial charge in [0.1, 0.15) is 0 Å². The summed E-state index contributed by atoms with van der Waals surface area (Å²) in [6.45, 7) is 8.14. The molecule has 0 aliphatic carbocycles. The van der Waals surface area contributed by atoms with Crippen molar-refractivity contribution >= 4 is 11.9 Å². The molecule has 0 fully saturated rings. The van der Waals surface area contributed by atoms with Crippen molar-refractivity contribution < 1.29 is 14.3 Å². The van der Waals surface area contributed by atoms with Crippen molar-refractivity contribution in [3.63, 3.8) is 0 Å². The van der Waals surface area contributed by atoms with E-state index in [-0.39, 0.29) is 23.8 Å². The van der Waals surface area contributed by atoms with Gasteiger partial charge in [-0.1, -0.05) is 53.4 Å². The molecule has 112 valence electrons. The van der Waals surface area contributed by atoms with Gasteiger partial charge < -0.3 is 4.74 Å². The second kappa shape index (κ2) is 11.0. The highest BCUT2D eigenvalue weighted by atomic mass is 16.6. The normalized spacial score (nSPS) is 13.9. The Morgan fingerprint density at radius 1 is 0.789 bits per heavy atom. The van der Waals surface area contributed by atoms with Gasteiger partial charge in [0.2, 0.25) is 0 Å². The monoisotopic (exact) mass is 270 g/mol. The molecular weight excluding hydrogens is 240 g/mol. The molecule has 0 saturated carbocycles. The highest BCUT2D eigenvalue weighted by Crippen LogP contribution is 2.18. The molecule has 0 spiro atoms. The van der Waals surface area contributed by atoms with Gasteiger partial charge in [0.05, 0.1) is 11.8 Å². The molecule has 19 heavy (non-hydrogen) atoms. The van der Waals surface area contributed by atoms with Gasteiger partial charge in [-0.25, -0.2) is 0 Å². The molecule has 0 aliphatic heterocycles. The molecule has 0 amide bonds. The Kier molecular flexibility index (Phi) is 10.5. The third kappa shape index (κ3) is 7.34. The van der Waals surface area contributed by atoms with Crippen LogP contribution >= 0.6 is 0 Å². The van der Waals surface area contributed by atoms with E-state index in [0.29, 0.717) is 0 Å². The summed E-state index contributed by atoms with van der Waals surface area (Å²) >= 11 is 0. The van der Waals surface area contributed by atoms with E-state index in [9.17, 15) is 9.59 Å². The van der Waals surface area contributed by atoms with E-state index in [0.717, 1.165) is 51.4 Å².